The highest BCUT2D eigenvalue weighted by atomic mass is 32.2. The SMILES string of the molecule is CCCCN1C(=O)[C@@H]([C@H](O)C(C)C)NC(=O)C12CCN(Cc1c(C)nn(-c3ccc(S(=O)(=O)N(C)CCO)cc3)c1C)CC2. The van der Waals surface area contributed by atoms with Gasteiger partial charge in [-0.2, -0.15) is 9.40 Å². The van der Waals surface area contributed by atoms with Crippen LogP contribution in [0.3, 0.4) is 0 Å². The summed E-state index contributed by atoms with van der Waals surface area (Å²) in [4.78, 5) is 31.4. The maximum Gasteiger partial charge on any atom is 0.248 e. The van der Waals surface area contributed by atoms with E-state index in [0.717, 1.165) is 39.8 Å². The Morgan fingerprint density at radius 2 is 1.77 bits per heavy atom. The van der Waals surface area contributed by atoms with Gasteiger partial charge in [0.25, 0.3) is 0 Å². The smallest absolute Gasteiger partial charge is 0.248 e. The average molecular weight is 633 g/mol. The van der Waals surface area contributed by atoms with Crippen LogP contribution in [0, 0.1) is 19.8 Å². The van der Waals surface area contributed by atoms with Crippen LogP contribution in [0.4, 0.5) is 0 Å². The molecule has 1 spiro atoms. The lowest BCUT2D eigenvalue weighted by Crippen LogP contribution is -2.74. The minimum absolute atomic E-state index is 0.0159. The number of carbonyl (C=O) groups excluding carboxylic acids is 2. The highest BCUT2D eigenvalue weighted by molar-refractivity contribution is 7.89. The number of carbonyl (C=O) groups is 2. The topological polar surface area (TPSA) is 148 Å². The first-order chi connectivity index (χ1) is 20.8. The third kappa shape index (κ3) is 6.43. The van der Waals surface area contributed by atoms with Crippen LogP contribution in [0.25, 0.3) is 5.69 Å². The molecule has 0 radical (unpaired) electrons. The van der Waals surface area contributed by atoms with Crippen molar-refractivity contribution in [3.05, 3.63) is 41.2 Å². The van der Waals surface area contributed by atoms with Gasteiger partial charge in [0.15, 0.2) is 0 Å². The standard InChI is InChI=1S/C31H48N6O6S/c1-7-8-15-36-29(40)27(28(39)21(2)3)32-30(41)31(36)13-16-35(17-14-31)20-26-22(4)33-37(23(26)5)24-9-11-25(12-10-24)44(42,43)34(6)18-19-38/h9-12,21,27-28,38-39H,7-8,13-20H2,1-6H3,(H,32,41)/t27-,28-/m1/s1. The molecule has 13 heteroatoms. The van der Waals surface area contributed by atoms with Gasteiger partial charge >= 0.3 is 0 Å². The molecule has 1 aromatic heterocycles. The number of amides is 2. The fourth-order valence-corrected chi connectivity index (χ4v) is 7.41. The van der Waals surface area contributed by atoms with E-state index in [9.17, 15) is 23.1 Å². The van der Waals surface area contributed by atoms with Gasteiger partial charge < -0.3 is 20.4 Å². The Morgan fingerprint density at radius 3 is 2.34 bits per heavy atom. The number of rotatable bonds is 12. The highest BCUT2D eigenvalue weighted by Gasteiger charge is 2.54. The number of likely N-dealkylation sites (tertiary alicyclic amines) is 1. The number of aromatic nitrogens is 2. The lowest BCUT2D eigenvalue weighted by atomic mass is 9.80. The molecule has 4 rings (SSSR count). The summed E-state index contributed by atoms with van der Waals surface area (Å²) in [5.41, 5.74) is 2.68. The van der Waals surface area contributed by atoms with E-state index in [-0.39, 0.29) is 35.8 Å². The molecule has 1 aromatic carbocycles. The molecule has 2 aromatic rings. The molecule has 0 saturated carbocycles. The molecule has 2 aliphatic rings. The van der Waals surface area contributed by atoms with Crippen molar-refractivity contribution in [2.45, 2.75) is 89.4 Å². The summed E-state index contributed by atoms with van der Waals surface area (Å²) in [6.07, 6.45) is 1.76. The first kappa shape index (κ1) is 34.0. The van der Waals surface area contributed by atoms with Gasteiger partial charge in [0.05, 0.1) is 29.0 Å². The molecule has 0 unspecified atom stereocenters. The second kappa shape index (κ2) is 13.7. The summed E-state index contributed by atoms with van der Waals surface area (Å²) in [6, 6.07) is 5.62. The molecule has 44 heavy (non-hydrogen) atoms. The molecule has 0 bridgehead atoms. The number of piperazine rings is 1. The Labute approximate surface area is 261 Å². The largest absolute Gasteiger partial charge is 0.395 e. The lowest BCUT2D eigenvalue weighted by molar-refractivity contribution is -0.165. The Balaban J connectivity index is 1.49. The maximum absolute atomic E-state index is 13.6. The zero-order valence-electron chi connectivity index (χ0n) is 26.8. The van der Waals surface area contributed by atoms with Crippen LogP contribution < -0.4 is 5.32 Å². The van der Waals surface area contributed by atoms with Gasteiger partial charge in [-0.25, -0.2) is 13.1 Å². The Kier molecular flexibility index (Phi) is 10.6. The number of likely N-dealkylation sites (N-methyl/N-ethyl adjacent to an activating group) is 1. The van der Waals surface area contributed by atoms with Gasteiger partial charge in [0, 0.05) is 51.0 Å². The van der Waals surface area contributed by atoms with E-state index >= 15 is 0 Å². The molecule has 12 nitrogen and oxygen atoms in total. The molecular weight excluding hydrogens is 584 g/mol. The van der Waals surface area contributed by atoms with Crippen molar-refractivity contribution in [1.29, 1.82) is 0 Å². The first-order valence-corrected chi connectivity index (χ1v) is 17.0. The van der Waals surface area contributed by atoms with E-state index < -0.39 is 27.7 Å². The monoisotopic (exact) mass is 632 g/mol. The number of hydrogen-bond acceptors (Lipinski definition) is 8. The second-order valence-electron chi connectivity index (χ2n) is 12.4. The molecule has 2 atom stereocenters. The highest BCUT2D eigenvalue weighted by Crippen LogP contribution is 2.35. The molecule has 3 N–H and O–H groups in total. The fraction of sp³-hybridized carbons (Fsp3) is 0.645. The van der Waals surface area contributed by atoms with E-state index in [1.165, 1.54) is 7.05 Å². The molecule has 2 aliphatic heterocycles. The molecule has 244 valence electrons. The molecule has 0 aliphatic carbocycles. The van der Waals surface area contributed by atoms with Gasteiger partial charge in [0.1, 0.15) is 11.6 Å². The number of hydrogen-bond donors (Lipinski definition) is 3. The van der Waals surface area contributed by atoms with Crippen molar-refractivity contribution >= 4 is 21.8 Å². The van der Waals surface area contributed by atoms with Gasteiger partial charge in [-0.05, 0) is 63.3 Å². The van der Waals surface area contributed by atoms with Crippen molar-refractivity contribution in [1.82, 2.24) is 29.2 Å². The Hall–Kier alpha value is -2.84. The van der Waals surface area contributed by atoms with Crippen LogP contribution in [0.5, 0.6) is 0 Å². The number of sulfonamides is 1. The van der Waals surface area contributed by atoms with E-state index in [2.05, 4.69) is 17.1 Å². The summed E-state index contributed by atoms with van der Waals surface area (Å²) in [6.45, 7) is 11.8. The number of nitrogens with one attached hydrogen (secondary N) is 1. The van der Waals surface area contributed by atoms with Crippen LogP contribution in [-0.2, 0) is 26.2 Å². The summed E-state index contributed by atoms with van der Waals surface area (Å²) in [7, 11) is -2.27. The van der Waals surface area contributed by atoms with Crippen LogP contribution in [0.1, 0.15) is 63.4 Å². The fourth-order valence-electron chi connectivity index (χ4n) is 6.25. The van der Waals surface area contributed by atoms with Gasteiger partial charge in [-0.15, -0.1) is 0 Å². The van der Waals surface area contributed by atoms with Crippen molar-refractivity contribution in [3.63, 3.8) is 0 Å². The van der Waals surface area contributed by atoms with Gasteiger partial charge in [0.2, 0.25) is 21.8 Å². The number of unbranched alkanes of at least 4 members (excludes halogenated alkanes) is 1. The summed E-state index contributed by atoms with van der Waals surface area (Å²) in [5.74, 6) is -0.532. The molecule has 2 fully saturated rings. The quantitative estimate of drug-likeness (QED) is 0.320. The number of piperidine rings is 1. The lowest BCUT2D eigenvalue weighted by Gasteiger charge is -2.52. The summed E-state index contributed by atoms with van der Waals surface area (Å²) in [5, 5.41) is 27.4. The van der Waals surface area contributed by atoms with Gasteiger partial charge in [-0.3, -0.25) is 14.5 Å². The zero-order valence-corrected chi connectivity index (χ0v) is 27.6. The number of aryl methyl sites for hydroxylation is 1. The van der Waals surface area contributed by atoms with Crippen LogP contribution in [0.2, 0.25) is 0 Å². The normalized spacial score (nSPS) is 20.1. The maximum atomic E-state index is 13.6. The third-order valence-electron chi connectivity index (χ3n) is 9.23. The minimum atomic E-state index is -3.70. The van der Waals surface area contributed by atoms with Crippen LogP contribution in [-0.4, -0.2) is 112 Å². The van der Waals surface area contributed by atoms with Crippen molar-refractivity contribution in [2.75, 3.05) is 39.8 Å². The Morgan fingerprint density at radius 1 is 1.14 bits per heavy atom. The van der Waals surface area contributed by atoms with Crippen LogP contribution >= 0.6 is 0 Å². The second-order valence-corrected chi connectivity index (χ2v) is 14.5. The van der Waals surface area contributed by atoms with E-state index in [0.29, 0.717) is 39.0 Å². The molecular formula is C31H48N6O6S. The summed E-state index contributed by atoms with van der Waals surface area (Å²) >= 11 is 0. The predicted molar refractivity (Wildman–Crippen MR) is 167 cm³/mol. The number of nitrogens with zero attached hydrogens (tertiary/aromatic N) is 5. The summed E-state index contributed by atoms with van der Waals surface area (Å²) < 4.78 is 28.4. The van der Waals surface area contributed by atoms with E-state index in [1.54, 1.807) is 29.2 Å². The predicted octanol–water partition coefficient (Wildman–Crippen LogP) is 1.58. The molecule has 2 amide bonds. The van der Waals surface area contributed by atoms with E-state index in [4.69, 9.17) is 10.2 Å². The zero-order chi connectivity index (χ0) is 32.4. The molecule has 3 heterocycles. The van der Waals surface area contributed by atoms with Crippen molar-refractivity contribution in [3.8, 4) is 5.69 Å². The third-order valence-corrected chi connectivity index (χ3v) is 11.1. The van der Waals surface area contributed by atoms with Crippen molar-refractivity contribution in [2.24, 2.45) is 5.92 Å². The average Bonchev–Trinajstić information content (AvgIpc) is 3.28. The number of benzene rings is 1. The first-order valence-electron chi connectivity index (χ1n) is 15.5. The van der Waals surface area contributed by atoms with Crippen LogP contribution in [0.15, 0.2) is 29.2 Å². The van der Waals surface area contributed by atoms with E-state index in [1.807, 2.05) is 32.4 Å². The number of aliphatic hydroxyl groups excluding tert-OH is 2. The Bertz CT molecular complexity index is 1430. The number of aliphatic hydroxyl groups is 2. The molecule has 2 saturated heterocycles. The minimum Gasteiger partial charge on any atom is -0.395 e. The van der Waals surface area contributed by atoms with Gasteiger partial charge in [-0.1, -0.05) is 27.2 Å². The van der Waals surface area contributed by atoms with Crippen molar-refractivity contribution < 1.29 is 28.2 Å².